The number of ether oxygens (including phenoxy) is 3. The normalized spacial score (nSPS) is 17.7. The van der Waals surface area contributed by atoms with Crippen LogP contribution in [-0.4, -0.2) is 63.5 Å². The Balaban J connectivity index is 1.61. The molecule has 8 heteroatoms. The van der Waals surface area contributed by atoms with Crippen LogP contribution in [0.5, 0.6) is 0 Å². The van der Waals surface area contributed by atoms with E-state index in [1.165, 1.54) is 22.3 Å². The van der Waals surface area contributed by atoms with Gasteiger partial charge in [-0.2, -0.15) is 0 Å². The number of hydrogen-bond acceptors (Lipinski definition) is 6. The lowest BCUT2D eigenvalue weighted by atomic mass is 10.1. The zero-order valence-corrected chi connectivity index (χ0v) is 17.1. The molecule has 1 fully saturated rings. The molecule has 0 spiro atoms. The summed E-state index contributed by atoms with van der Waals surface area (Å²) in [4.78, 5) is 21.1. The van der Waals surface area contributed by atoms with Gasteiger partial charge in [0.15, 0.2) is 5.13 Å². The van der Waals surface area contributed by atoms with Gasteiger partial charge in [0.25, 0.3) is 5.91 Å². The summed E-state index contributed by atoms with van der Waals surface area (Å²) in [5.41, 5.74) is 3.35. The number of nitrogens with zero attached hydrogens (tertiary/aromatic N) is 2. The highest BCUT2D eigenvalue weighted by atomic mass is 32.1. The largest absolute Gasteiger partial charge is 0.494 e. The van der Waals surface area contributed by atoms with Crippen molar-refractivity contribution in [3.63, 3.8) is 0 Å². The van der Waals surface area contributed by atoms with Crippen molar-refractivity contribution in [1.82, 2.24) is 4.98 Å². The van der Waals surface area contributed by atoms with Gasteiger partial charge in [-0.3, -0.25) is 9.69 Å². The lowest BCUT2D eigenvalue weighted by molar-refractivity contribution is -0.906. The Labute approximate surface area is 168 Å². The highest BCUT2D eigenvalue weighted by molar-refractivity contribution is 7.22. The molecule has 150 valence electrons. The van der Waals surface area contributed by atoms with E-state index in [4.69, 9.17) is 19.2 Å². The van der Waals surface area contributed by atoms with E-state index in [0.29, 0.717) is 24.9 Å². The topological polar surface area (TPSA) is 65.3 Å². The number of carbonyl (C=O) groups is 1. The SMILES string of the molecule is Cc1cc2nc(N(CC[NH+]3CCOCC3)C(=O)C3=COCCO3)sc2cc1C. The fourth-order valence-corrected chi connectivity index (χ4v) is 4.43. The Morgan fingerprint density at radius 1 is 1.18 bits per heavy atom. The molecular formula is C20H26N3O4S+. The summed E-state index contributed by atoms with van der Waals surface area (Å²) in [7, 11) is 0. The third-order valence-corrected chi connectivity index (χ3v) is 6.26. The maximum absolute atomic E-state index is 13.2. The highest BCUT2D eigenvalue weighted by Gasteiger charge is 2.28. The molecule has 0 unspecified atom stereocenters. The predicted molar refractivity (Wildman–Crippen MR) is 108 cm³/mol. The first kappa shape index (κ1) is 19.2. The second-order valence-electron chi connectivity index (χ2n) is 7.17. The number of rotatable bonds is 5. The highest BCUT2D eigenvalue weighted by Crippen LogP contribution is 2.31. The average molecular weight is 405 g/mol. The van der Waals surface area contributed by atoms with Crippen molar-refractivity contribution in [3.05, 3.63) is 35.3 Å². The molecule has 7 nitrogen and oxygen atoms in total. The lowest BCUT2D eigenvalue weighted by Crippen LogP contribution is -3.14. The van der Waals surface area contributed by atoms with Crippen molar-refractivity contribution in [3.8, 4) is 0 Å². The minimum Gasteiger partial charge on any atom is -0.494 e. The first-order valence-electron chi connectivity index (χ1n) is 9.67. The van der Waals surface area contributed by atoms with Gasteiger partial charge in [-0.25, -0.2) is 4.98 Å². The fraction of sp³-hybridized carbons (Fsp3) is 0.500. The molecular weight excluding hydrogens is 378 g/mol. The zero-order valence-electron chi connectivity index (χ0n) is 16.3. The number of nitrogens with one attached hydrogen (secondary N) is 1. The first-order chi connectivity index (χ1) is 13.6. The van der Waals surface area contributed by atoms with E-state index >= 15 is 0 Å². The molecule has 1 amide bonds. The standard InChI is InChI=1S/C20H25N3O4S/c1-14-11-16-18(12-15(14)2)28-20(21-16)23(4-3-22-5-7-25-8-6-22)19(24)17-13-26-9-10-27-17/h11-13H,3-10H2,1-2H3/p+1. The van der Waals surface area contributed by atoms with Gasteiger partial charge in [0.2, 0.25) is 5.76 Å². The summed E-state index contributed by atoms with van der Waals surface area (Å²) in [6.07, 6.45) is 1.42. The van der Waals surface area contributed by atoms with Crippen LogP contribution in [0.3, 0.4) is 0 Å². The Bertz CT molecular complexity index is 850. The fourth-order valence-electron chi connectivity index (χ4n) is 3.36. The number of quaternary nitrogens is 1. The van der Waals surface area contributed by atoms with E-state index in [1.54, 1.807) is 16.2 Å². The molecule has 3 heterocycles. The molecule has 1 N–H and O–H groups in total. The second kappa shape index (κ2) is 8.46. The third kappa shape index (κ3) is 4.14. The molecule has 0 bridgehead atoms. The monoisotopic (exact) mass is 404 g/mol. The number of aromatic nitrogens is 1. The molecule has 2 aliphatic heterocycles. The van der Waals surface area contributed by atoms with Crippen LogP contribution in [0.15, 0.2) is 24.2 Å². The maximum Gasteiger partial charge on any atom is 0.298 e. The molecule has 1 aromatic heterocycles. The summed E-state index contributed by atoms with van der Waals surface area (Å²) in [6.45, 7) is 9.91. The van der Waals surface area contributed by atoms with Crippen molar-refractivity contribution < 1.29 is 23.9 Å². The van der Waals surface area contributed by atoms with E-state index in [9.17, 15) is 4.79 Å². The molecule has 0 atom stereocenters. The van der Waals surface area contributed by atoms with Gasteiger partial charge in [0.05, 0.1) is 36.5 Å². The van der Waals surface area contributed by atoms with Crippen molar-refractivity contribution in [1.29, 1.82) is 0 Å². The van der Waals surface area contributed by atoms with Gasteiger partial charge >= 0.3 is 0 Å². The Morgan fingerprint density at radius 3 is 2.71 bits per heavy atom. The van der Waals surface area contributed by atoms with E-state index in [1.807, 2.05) is 0 Å². The smallest absolute Gasteiger partial charge is 0.298 e. The van der Waals surface area contributed by atoms with E-state index in [0.717, 1.165) is 43.1 Å². The van der Waals surface area contributed by atoms with Crippen LogP contribution in [0.1, 0.15) is 11.1 Å². The van der Waals surface area contributed by atoms with Crippen LogP contribution in [0.25, 0.3) is 10.2 Å². The van der Waals surface area contributed by atoms with Gasteiger partial charge < -0.3 is 19.1 Å². The molecule has 28 heavy (non-hydrogen) atoms. The van der Waals surface area contributed by atoms with Gasteiger partial charge in [0.1, 0.15) is 32.6 Å². The van der Waals surface area contributed by atoms with E-state index in [2.05, 4.69) is 26.0 Å². The predicted octanol–water partition coefficient (Wildman–Crippen LogP) is 1.05. The number of hydrogen-bond donors (Lipinski definition) is 1. The van der Waals surface area contributed by atoms with Crippen LogP contribution >= 0.6 is 11.3 Å². The summed E-state index contributed by atoms with van der Waals surface area (Å²) in [5, 5.41) is 0.702. The summed E-state index contributed by atoms with van der Waals surface area (Å²) >= 11 is 1.54. The van der Waals surface area contributed by atoms with Crippen molar-refractivity contribution in [2.75, 3.05) is 57.5 Å². The van der Waals surface area contributed by atoms with Crippen LogP contribution < -0.4 is 9.80 Å². The number of aryl methyl sites for hydroxylation is 2. The van der Waals surface area contributed by atoms with Crippen LogP contribution in [0, 0.1) is 13.8 Å². The van der Waals surface area contributed by atoms with Gasteiger partial charge in [-0.1, -0.05) is 11.3 Å². The quantitative estimate of drug-likeness (QED) is 0.807. The first-order valence-corrected chi connectivity index (χ1v) is 10.5. The molecule has 1 saturated heterocycles. The summed E-state index contributed by atoms with van der Waals surface area (Å²) in [5.74, 6) is 0.0507. The molecule has 2 aromatic rings. The summed E-state index contributed by atoms with van der Waals surface area (Å²) in [6, 6.07) is 4.22. The van der Waals surface area contributed by atoms with Crippen LogP contribution in [-0.2, 0) is 19.0 Å². The Morgan fingerprint density at radius 2 is 1.96 bits per heavy atom. The number of amides is 1. The maximum atomic E-state index is 13.2. The number of fused-ring (bicyclic) bond motifs is 1. The van der Waals surface area contributed by atoms with Crippen molar-refractivity contribution in [2.45, 2.75) is 13.8 Å². The number of thiazole rings is 1. The Hall–Kier alpha value is -2.16. The number of carbonyl (C=O) groups excluding carboxylic acids is 1. The van der Waals surface area contributed by atoms with Crippen molar-refractivity contribution in [2.24, 2.45) is 0 Å². The molecule has 0 saturated carbocycles. The van der Waals surface area contributed by atoms with E-state index < -0.39 is 0 Å². The number of morpholine rings is 1. The van der Waals surface area contributed by atoms with Gasteiger partial charge in [-0.05, 0) is 37.1 Å². The second-order valence-corrected chi connectivity index (χ2v) is 8.18. The lowest BCUT2D eigenvalue weighted by Gasteiger charge is -2.27. The molecule has 0 aliphatic carbocycles. The van der Waals surface area contributed by atoms with Crippen molar-refractivity contribution >= 4 is 32.6 Å². The average Bonchev–Trinajstić information content (AvgIpc) is 3.12. The minimum absolute atomic E-state index is 0.195. The third-order valence-electron chi connectivity index (χ3n) is 5.22. The molecule has 0 radical (unpaired) electrons. The Kier molecular flexibility index (Phi) is 5.79. The molecule has 2 aliphatic rings. The molecule has 4 rings (SSSR count). The van der Waals surface area contributed by atoms with E-state index in [-0.39, 0.29) is 11.7 Å². The number of benzene rings is 1. The summed E-state index contributed by atoms with van der Waals surface area (Å²) < 4.78 is 17.4. The zero-order chi connectivity index (χ0) is 19.5. The number of anilines is 1. The minimum atomic E-state index is -0.195. The van der Waals surface area contributed by atoms with Crippen LogP contribution in [0.4, 0.5) is 5.13 Å². The van der Waals surface area contributed by atoms with Gasteiger partial charge in [0, 0.05) is 0 Å². The van der Waals surface area contributed by atoms with Crippen LogP contribution in [0.2, 0.25) is 0 Å². The molecule has 1 aromatic carbocycles. The van der Waals surface area contributed by atoms with Gasteiger partial charge in [-0.15, -0.1) is 0 Å².